The Labute approximate surface area is 189 Å². The van der Waals surface area contributed by atoms with Crippen molar-refractivity contribution in [1.82, 2.24) is 0 Å². The second-order valence-corrected chi connectivity index (χ2v) is 9.26. The van der Waals surface area contributed by atoms with Crippen molar-refractivity contribution in [3.63, 3.8) is 0 Å². The molecule has 0 aliphatic rings. The van der Waals surface area contributed by atoms with E-state index >= 15 is 0 Å². The van der Waals surface area contributed by atoms with Crippen molar-refractivity contribution in [3.8, 4) is 17.2 Å². The third kappa shape index (κ3) is 4.80. The summed E-state index contributed by atoms with van der Waals surface area (Å²) in [6, 6.07) is 10.7. The van der Waals surface area contributed by atoms with Gasteiger partial charge in [0, 0.05) is 6.07 Å². The number of aromatic hydroxyl groups is 1. The Balaban J connectivity index is 2.01. The summed E-state index contributed by atoms with van der Waals surface area (Å²) in [6.45, 7) is 3.25. The first-order chi connectivity index (χ1) is 15.4. The number of carbonyl (C=O) groups is 2. The van der Waals surface area contributed by atoms with E-state index in [4.69, 9.17) is 10.5 Å². The Hall–Kier alpha value is -3.92. The molecule has 0 fully saturated rings. The molecule has 1 unspecified atom stereocenters. The van der Waals surface area contributed by atoms with Crippen LogP contribution in [-0.2, 0) is 19.4 Å². The minimum atomic E-state index is -4.17. The van der Waals surface area contributed by atoms with Crippen molar-refractivity contribution < 1.29 is 37.3 Å². The molecule has 0 heterocycles. The van der Waals surface area contributed by atoms with Gasteiger partial charge in [-0.05, 0) is 66.9 Å². The number of aryl methyl sites for hydroxylation is 2. The minimum Gasteiger partial charge on any atom is -0.507 e. The van der Waals surface area contributed by atoms with Gasteiger partial charge in [0.05, 0.1) is 4.90 Å². The highest BCUT2D eigenvalue weighted by molar-refractivity contribution is 7.91. The molecule has 0 bridgehead atoms. The number of aliphatic carboxylic acids is 1. The standard InChI is InChI=1S/C23H20FNO7S/c1-12-9-14(20(22(25)27)23(28)29)10-13(2)21(12)32-16-5-8-18(26)19(11-16)33(30,31)17-6-3-15(24)4-7-17/h3-11,20,26H,1-2H3,(H2,25,27)(H,28,29). The first-order valence-electron chi connectivity index (χ1n) is 9.56. The minimum absolute atomic E-state index is 0.0807. The number of ether oxygens (including phenoxy) is 1. The molecular weight excluding hydrogens is 453 g/mol. The van der Waals surface area contributed by atoms with Crippen LogP contribution in [0.15, 0.2) is 64.4 Å². The average molecular weight is 473 g/mol. The van der Waals surface area contributed by atoms with Crippen LogP contribution in [-0.4, -0.2) is 30.5 Å². The lowest BCUT2D eigenvalue weighted by molar-refractivity contribution is -0.142. The molecule has 0 saturated heterocycles. The molecule has 0 radical (unpaired) electrons. The number of phenolic OH excluding ortho intramolecular Hbond substituents is 1. The molecule has 1 amide bonds. The van der Waals surface area contributed by atoms with Crippen LogP contribution in [0.1, 0.15) is 22.6 Å². The number of carboxylic acid groups (broad SMARTS) is 1. The van der Waals surface area contributed by atoms with Crippen molar-refractivity contribution in [2.45, 2.75) is 29.6 Å². The number of phenols is 1. The SMILES string of the molecule is Cc1cc(C(C(N)=O)C(=O)O)cc(C)c1Oc1ccc(O)c(S(=O)(=O)c2ccc(F)cc2)c1. The Morgan fingerprint density at radius 1 is 1.00 bits per heavy atom. The Bertz CT molecular complexity index is 1310. The van der Waals surface area contributed by atoms with E-state index in [0.717, 1.165) is 36.4 Å². The molecule has 0 saturated carbocycles. The number of hydrogen-bond acceptors (Lipinski definition) is 6. The summed E-state index contributed by atoms with van der Waals surface area (Å²) in [5, 5.41) is 19.4. The van der Waals surface area contributed by atoms with Gasteiger partial charge < -0.3 is 20.7 Å². The van der Waals surface area contributed by atoms with Crippen molar-refractivity contribution in [2.75, 3.05) is 0 Å². The van der Waals surface area contributed by atoms with Gasteiger partial charge in [-0.15, -0.1) is 0 Å². The van der Waals surface area contributed by atoms with Crippen LogP contribution in [0.2, 0.25) is 0 Å². The van der Waals surface area contributed by atoms with Crippen LogP contribution in [0, 0.1) is 19.7 Å². The largest absolute Gasteiger partial charge is 0.507 e. The van der Waals surface area contributed by atoms with Gasteiger partial charge in [-0.25, -0.2) is 12.8 Å². The fourth-order valence-electron chi connectivity index (χ4n) is 3.37. The van der Waals surface area contributed by atoms with E-state index in [9.17, 15) is 32.6 Å². The van der Waals surface area contributed by atoms with Crippen LogP contribution in [0.5, 0.6) is 17.2 Å². The number of carbonyl (C=O) groups excluding carboxylic acids is 1. The topological polar surface area (TPSA) is 144 Å². The predicted octanol–water partition coefficient (Wildman–Crippen LogP) is 3.43. The van der Waals surface area contributed by atoms with Crippen LogP contribution in [0.3, 0.4) is 0 Å². The van der Waals surface area contributed by atoms with E-state index in [2.05, 4.69) is 0 Å². The monoisotopic (exact) mass is 473 g/mol. The number of carboxylic acids is 1. The van der Waals surface area contributed by atoms with Crippen LogP contribution in [0.4, 0.5) is 4.39 Å². The molecule has 3 aromatic rings. The summed E-state index contributed by atoms with van der Waals surface area (Å²) >= 11 is 0. The lowest BCUT2D eigenvalue weighted by atomic mass is 9.94. The second kappa shape index (κ2) is 8.91. The van der Waals surface area contributed by atoms with E-state index in [-0.39, 0.29) is 16.2 Å². The van der Waals surface area contributed by atoms with Crippen LogP contribution < -0.4 is 10.5 Å². The van der Waals surface area contributed by atoms with Gasteiger partial charge in [0.1, 0.15) is 28.0 Å². The molecule has 33 heavy (non-hydrogen) atoms. The number of rotatable bonds is 7. The lowest BCUT2D eigenvalue weighted by Crippen LogP contribution is -2.28. The molecule has 8 nitrogen and oxygen atoms in total. The normalized spacial score (nSPS) is 12.2. The second-order valence-electron chi connectivity index (χ2n) is 7.35. The van der Waals surface area contributed by atoms with E-state index in [1.807, 2.05) is 0 Å². The molecule has 0 aromatic heterocycles. The van der Waals surface area contributed by atoms with Gasteiger partial charge in [-0.1, -0.05) is 12.1 Å². The first kappa shape index (κ1) is 23.7. The molecule has 3 rings (SSSR count). The predicted molar refractivity (Wildman–Crippen MR) is 116 cm³/mol. The highest BCUT2D eigenvalue weighted by Crippen LogP contribution is 2.36. The number of benzene rings is 3. The van der Waals surface area contributed by atoms with Crippen molar-refractivity contribution in [2.24, 2.45) is 5.73 Å². The molecule has 4 N–H and O–H groups in total. The molecule has 3 aromatic carbocycles. The molecule has 10 heteroatoms. The first-order valence-corrected chi connectivity index (χ1v) is 11.0. The van der Waals surface area contributed by atoms with Crippen LogP contribution >= 0.6 is 0 Å². The molecule has 0 aliphatic carbocycles. The van der Waals surface area contributed by atoms with Gasteiger partial charge in [0.2, 0.25) is 15.7 Å². The van der Waals surface area contributed by atoms with E-state index in [1.165, 1.54) is 18.2 Å². The number of halogens is 1. The maximum absolute atomic E-state index is 13.2. The highest BCUT2D eigenvalue weighted by atomic mass is 32.2. The molecule has 1 atom stereocenters. The molecule has 0 spiro atoms. The zero-order valence-electron chi connectivity index (χ0n) is 17.6. The van der Waals surface area contributed by atoms with Crippen molar-refractivity contribution >= 4 is 21.7 Å². The van der Waals surface area contributed by atoms with Gasteiger partial charge in [0.25, 0.3) is 0 Å². The Morgan fingerprint density at radius 2 is 1.58 bits per heavy atom. The number of hydrogen-bond donors (Lipinski definition) is 3. The maximum Gasteiger partial charge on any atom is 0.320 e. The van der Waals surface area contributed by atoms with E-state index in [1.54, 1.807) is 13.8 Å². The Morgan fingerprint density at radius 3 is 2.09 bits per heavy atom. The third-order valence-corrected chi connectivity index (χ3v) is 6.71. The maximum atomic E-state index is 13.2. The fourth-order valence-corrected chi connectivity index (χ4v) is 4.73. The van der Waals surface area contributed by atoms with Crippen molar-refractivity contribution in [1.29, 1.82) is 0 Å². The summed E-state index contributed by atoms with van der Waals surface area (Å²) in [5.74, 6) is -4.65. The quantitative estimate of drug-likeness (QED) is 0.352. The van der Waals surface area contributed by atoms with Gasteiger partial charge >= 0.3 is 5.97 Å². The fraction of sp³-hybridized carbons (Fsp3) is 0.130. The molecule has 0 aliphatic heterocycles. The van der Waals surface area contributed by atoms with Gasteiger partial charge in [-0.2, -0.15) is 0 Å². The summed E-state index contributed by atoms with van der Waals surface area (Å²) in [7, 11) is -4.17. The lowest BCUT2D eigenvalue weighted by Gasteiger charge is -2.17. The zero-order valence-corrected chi connectivity index (χ0v) is 18.4. The summed E-state index contributed by atoms with van der Waals surface area (Å²) < 4.78 is 44.9. The summed E-state index contributed by atoms with van der Waals surface area (Å²) in [6.07, 6.45) is 0. The Kier molecular flexibility index (Phi) is 6.41. The number of nitrogens with two attached hydrogens (primary N) is 1. The van der Waals surface area contributed by atoms with Crippen molar-refractivity contribution in [3.05, 3.63) is 77.1 Å². The molecule has 172 valence electrons. The van der Waals surface area contributed by atoms with Gasteiger partial charge in [0.15, 0.2) is 5.92 Å². The van der Waals surface area contributed by atoms with Crippen LogP contribution in [0.25, 0.3) is 0 Å². The third-order valence-electron chi connectivity index (χ3n) is 4.91. The molecular formula is C23H20FNO7S. The zero-order chi connectivity index (χ0) is 24.5. The number of amides is 1. The average Bonchev–Trinajstić information content (AvgIpc) is 2.71. The summed E-state index contributed by atoms with van der Waals surface area (Å²) in [5.41, 5.74) is 6.35. The highest BCUT2D eigenvalue weighted by Gasteiger charge is 2.27. The van der Waals surface area contributed by atoms with Gasteiger partial charge in [-0.3, -0.25) is 9.59 Å². The summed E-state index contributed by atoms with van der Waals surface area (Å²) in [4.78, 5) is 22.3. The van der Waals surface area contributed by atoms with E-state index < -0.39 is 44.1 Å². The smallest absolute Gasteiger partial charge is 0.320 e. The number of sulfone groups is 1. The number of primary amides is 1. The van der Waals surface area contributed by atoms with E-state index in [0.29, 0.717) is 16.9 Å².